The molecule has 0 atom stereocenters. The minimum Gasteiger partial charge on any atom is -0.316 e. The molecule has 20 heavy (non-hydrogen) atoms. The first-order valence-corrected chi connectivity index (χ1v) is 8.59. The Balaban J connectivity index is 2.12. The van der Waals surface area contributed by atoms with E-state index in [1.54, 1.807) is 6.07 Å². The maximum Gasteiger partial charge on any atom is 0.123 e. The highest BCUT2D eigenvalue weighted by molar-refractivity contribution is 9.10. The zero-order chi connectivity index (χ0) is 14.4. The number of halogens is 2. The van der Waals surface area contributed by atoms with Crippen molar-refractivity contribution in [2.24, 2.45) is 5.41 Å². The van der Waals surface area contributed by atoms with Gasteiger partial charge in [0.2, 0.25) is 0 Å². The SMILES string of the molecule is CCCNCC1(Cc2cc(F)ccc2Br)CCCCC1. The molecule has 1 nitrogen and oxygen atoms in total. The summed E-state index contributed by atoms with van der Waals surface area (Å²) in [7, 11) is 0. The van der Waals surface area contributed by atoms with E-state index in [9.17, 15) is 4.39 Å². The fraction of sp³-hybridized carbons (Fsp3) is 0.647. The highest BCUT2D eigenvalue weighted by atomic mass is 79.9. The van der Waals surface area contributed by atoms with Crippen molar-refractivity contribution < 1.29 is 4.39 Å². The summed E-state index contributed by atoms with van der Waals surface area (Å²) in [5.74, 6) is -0.129. The third kappa shape index (κ3) is 4.29. The molecule has 1 aromatic rings. The number of benzene rings is 1. The summed E-state index contributed by atoms with van der Waals surface area (Å²) < 4.78 is 14.5. The van der Waals surface area contributed by atoms with Crippen molar-refractivity contribution in [3.05, 3.63) is 34.1 Å². The molecule has 0 unspecified atom stereocenters. The first kappa shape index (κ1) is 16.0. The van der Waals surface area contributed by atoms with Crippen LogP contribution in [0.4, 0.5) is 4.39 Å². The number of hydrogen-bond acceptors (Lipinski definition) is 1. The number of hydrogen-bond donors (Lipinski definition) is 1. The lowest BCUT2D eigenvalue weighted by atomic mass is 9.70. The molecule has 1 aliphatic carbocycles. The lowest BCUT2D eigenvalue weighted by molar-refractivity contribution is 0.180. The van der Waals surface area contributed by atoms with Crippen molar-refractivity contribution in [2.75, 3.05) is 13.1 Å². The van der Waals surface area contributed by atoms with E-state index in [0.29, 0.717) is 5.41 Å². The second kappa shape index (κ2) is 7.56. The minimum atomic E-state index is -0.129. The Morgan fingerprint density at radius 1 is 1.25 bits per heavy atom. The Bertz CT molecular complexity index is 427. The molecule has 0 aromatic heterocycles. The number of rotatable bonds is 6. The second-order valence-corrected chi connectivity index (χ2v) is 7.00. The lowest BCUT2D eigenvalue weighted by Gasteiger charge is -2.38. The van der Waals surface area contributed by atoms with Gasteiger partial charge < -0.3 is 5.32 Å². The minimum absolute atomic E-state index is 0.129. The van der Waals surface area contributed by atoms with Gasteiger partial charge in [0, 0.05) is 11.0 Å². The Morgan fingerprint density at radius 3 is 2.70 bits per heavy atom. The maximum absolute atomic E-state index is 13.5. The summed E-state index contributed by atoms with van der Waals surface area (Å²) in [6.07, 6.45) is 8.61. The molecule has 1 fully saturated rings. The molecule has 0 amide bonds. The van der Waals surface area contributed by atoms with Gasteiger partial charge in [-0.1, -0.05) is 42.1 Å². The second-order valence-electron chi connectivity index (χ2n) is 6.15. The molecule has 0 heterocycles. The van der Waals surface area contributed by atoms with Crippen LogP contribution in [0.2, 0.25) is 0 Å². The molecule has 0 spiro atoms. The van der Waals surface area contributed by atoms with Gasteiger partial charge >= 0.3 is 0 Å². The molecule has 1 saturated carbocycles. The third-order valence-corrected chi connectivity index (χ3v) is 5.19. The van der Waals surface area contributed by atoms with E-state index in [2.05, 4.69) is 28.2 Å². The van der Waals surface area contributed by atoms with Crippen LogP contribution in [0, 0.1) is 11.2 Å². The summed E-state index contributed by atoms with van der Waals surface area (Å²) in [5.41, 5.74) is 1.43. The van der Waals surface area contributed by atoms with Gasteiger partial charge in [-0.25, -0.2) is 4.39 Å². The van der Waals surface area contributed by atoms with E-state index < -0.39 is 0 Å². The molecule has 1 N–H and O–H groups in total. The molecule has 0 saturated heterocycles. The van der Waals surface area contributed by atoms with Gasteiger partial charge in [-0.15, -0.1) is 0 Å². The van der Waals surface area contributed by atoms with Crippen LogP contribution in [0.3, 0.4) is 0 Å². The van der Waals surface area contributed by atoms with E-state index in [1.807, 2.05) is 6.07 Å². The molecular formula is C17H25BrFN. The van der Waals surface area contributed by atoms with Crippen LogP contribution in [-0.2, 0) is 6.42 Å². The van der Waals surface area contributed by atoms with E-state index >= 15 is 0 Å². The van der Waals surface area contributed by atoms with Gasteiger partial charge in [0.1, 0.15) is 5.82 Å². The first-order valence-electron chi connectivity index (χ1n) is 7.80. The lowest BCUT2D eigenvalue weighted by Crippen LogP contribution is -2.38. The van der Waals surface area contributed by atoms with Gasteiger partial charge in [-0.05, 0) is 61.4 Å². The van der Waals surface area contributed by atoms with E-state index in [-0.39, 0.29) is 5.82 Å². The van der Waals surface area contributed by atoms with E-state index in [4.69, 9.17) is 0 Å². The van der Waals surface area contributed by atoms with E-state index in [0.717, 1.165) is 29.5 Å². The monoisotopic (exact) mass is 341 g/mol. The molecule has 3 heteroatoms. The Morgan fingerprint density at radius 2 is 2.00 bits per heavy atom. The van der Waals surface area contributed by atoms with Crippen molar-refractivity contribution in [1.29, 1.82) is 0 Å². The molecular weight excluding hydrogens is 317 g/mol. The topological polar surface area (TPSA) is 12.0 Å². The maximum atomic E-state index is 13.5. The Labute approximate surface area is 130 Å². The van der Waals surface area contributed by atoms with Crippen LogP contribution in [0.25, 0.3) is 0 Å². The van der Waals surface area contributed by atoms with Crippen molar-refractivity contribution in [1.82, 2.24) is 5.32 Å². The van der Waals surface area contributed by atoms with Gasteiger partial charge in [0.05, 0.1) is 0 Å². The van der Waals surface area contributed by atoms with Gasteiger partial charge in [-0.3, -0.25) is 0 Å². The molecule has 112 valence electrons. The zero-order valence-electron chi connectivity index (χ0n) is 12.4. The predicted octanol–water partition coefficient (Wildman–Crippen LogP) is 5.08. The molecule has 1 aromatic carbocycles. The summed E-state index contributed by atoms with van der Waals surface area (Å²) >= 11 is 3.58. The first-order chi connectivity index (χ1) is 9.65. The predicted molar refractivity (Wildman–Crippen MR) is 86.5 cm³/mol. The van der Waals surface area contributed by atoms with Crippen LogP contribution in [0.5, 0.6) is 0 Å². The van der Waals surface area contributed by atoms with Crippen LogP contribution in [0.15, 0.2) is 22.7 Å². The highest BCUT2D eigenvalue weighted by Crippen LogP contribution is 2.40. The quantitative estimate of drug-likeness (QED) is 0.711. The fourth-order valence-electron chi connectivity index (χ4n) is 3.33. The normalized spacial score (nSPS) is 18.1. The summed E-state index contributed by atoms with van der Waals surface area (Å²) in [4.78, 5) is 0. The van der Waals surface area contributed by atoms with Crippen molar-refractivity contribution in [2.45, 2.75) is 51.9 Å². The largest absolute Gasteiger partial charge is 0.316 e. The highest BCUT2D eigenvalue weighted by Gasteiger charge is 2.32. The summed E-state index contributed by atoms with van der Waals surface area (Å²) in [6, 6.07) is 5.05. The van der Waals surface area contributed by atoms with Crippen LogP contribution in [0.1, 0.15) is 51.0 Å². The standard InChI is InChI=1S/C17H25BrFN/c1-2-10-20-13-17(8-4-3-5-9-17)12-14-11-15(19)6-7-16(14)18/h6-7,11,20H,2-5,8-10,12-13H2,1H3. The average molecular weight is 342 g/mol. The fourth-order valence-corrected chi connectivity index (χ4v) is 3.72. The average Bonchev–Trinajstić information content (AvgIpc) is 2.44. The molecule has 1 aliphatic rings. The van der Waals surface area contributed by atoms with Crippen LogP contribution in [-0.4, -0.2) is 13.1 Å². The third-order valence-electron chi connectivity index (χ3n) is 4.41. The zero-order valence-corrected chi connectivity index (χ0v) is 13.9. The van der Waals surface area contributed by atoms with Gasteiger partial charge in [-0.2, -0.15) is 0 Å². The van der Waals surface area contributed by atoms with Crippen LogP contribution >= 0.6 is 15.9 Å². The Kier molecular flexibility index (Phi) is 6.03. The smallest absolute Gasteiger partial charge is 0.123 e. The van der Waals surface area contributed by atoms with Gasteiger partial charge in [0.15, 0.2) is 0 Å². The summed E-state index contributed by atoms with van der Waals surface area (Å²) in [5, 5.41) is 3.59. The number of nitrogens with one attached hydrogen (secondary N) is 1. The van der Waals surface area contributed by atoms with Crippen molar-refractivity contribution in [3.8, 4) is 0 Å². The van der Waals surface area contributed by atoms with Crippen molar-refractivity contribution in [3.63, 3.8) is 0 Å². The Hall–Kier alpha value is -0.410. The van der Waals surface area contributed by atoms with Crippen LogP contribution < -0.4 is 5.32 Å². The molecule has 0 bridgehead atoms. The molecule has 2 rings (SSSR count). The molecule has 0 radical (unpaired) electrons. The molecule has 0 aliphatic heterocycles. The van der Waals surface area contributed by atoms with Gasteiger partial charge in [0.25, 0.3) is 0 Å². The van der Waals surface area contributed by atoms with Crippen molar-refractivity contribution >= 4 is 15.9 Å². The van der Waals surface area contributed by atoms with E-state index in [1.165, 1.54) is 44.6 Å². The summed E-state index contributed by atoms with van der Waals surface area (Å²) in [6.45, 7) is 4.33.